The second kappa shape index (κ2) is 3.14. The lowest BCUT2D eigenvalue weighted by Crippen LogP contribution is -2.15. The van der Waals surface area contributed by atoms with Crippen LogP contribution < -0.4 is 5.73 Å². The van der Waals surface area contributed by atoms with E-state index in [1.807, 2.05) is 10.8 Å². The first-order valence-corrected chi connectivity index (χ1v) is 4.01. The first kappa shape index (κ1) is 7.72. The van der Waals surface area contributed by atoms with Gasteiger partial charge in [-0.3, -0.25) is 4.79 Å². The SMILES string of the molecule is NC(C(=O)Cl)c1ccsc1. The molecule has 0 aromatic carbocycles. The lowest BCUT2D eigenvalue weighted by molar-refractivity contribution is -0.112. The van der Waals surface area contributed by atoms with Crippen molar-refractivity contribution < 1.29 is 4.79 Å². The van der Waals surface area contributed by atoms with Gasteiger partial charge in [-0.05, 0) is 34.0 Å². The maximum absolute atomic E-state index is 10.5. The Morgan fingerprint density at radius 3 is 2.90 bits per heavy atom. The van der Waals surface area contributed by atoms with Crippen molar-refractivity contribution in [3.63, 3.8) is 0 Å². The minimum absolute atomic E-state index is 0.515. The third-order valence-electron chi connectivity index (χ3n) is 1.15. The fourth-order valence-electron chi connectivity index (χ4n) is 0.583. The molecule has 0 saturated heterocycles. The number of carbonyl (C=O) groups is 1. The van der Waals surface area contributed by atoms with Crippen LogP contribution >= 0.6 is 22.9 Å². The van der Waals surface area contributed by atoms with Gasteiger partial charge >= 0.3 is 0 Å². The molecule has 0 spiro atoms. The van der Waals surface area contributed by atoms with Crippen molar-refractivity contribution in [2.24, 2.45) is 5.73 Å². The second-order valence-electron chi connectivity index (χ2n) is 1.84. The fraction of sp³-hybridized carbons (Fsp3) is 0.167. The van der Waals surface area contributed by atoms with Gasteiger partial charge in [0.2, 0.25) is 5.24 Å². The predicted octanol–water partition coefficient (Wildman–Crippen LogP) is 1.51. The molecule has 2 N–H and O–H groups in total. The number of hydrogen-bond acceptors (Lipinski definition) is 3. The molecule has 0 fully saturated rings. The molecule has 0 radical (unpaired) electrons. The first-order valence-electron chi connectivity index (χ1n) is 2.69. The zero-order chi connectivity index (χ0) is 7.56. The fourth-order valence-corrected chi connectivity index (χ4v) is 1.41. The van der Waals surface area contributed by atoms with Crippen LogP contribution in [0.3, 0.4) is 0 Å². The van der Waals surface area contributed by atoms with Crippen molar-refractivity contribution >= 4 is 28.2 Å². The second-order valence-corrected chi connectivity index (χ2v) is 2.99. The van der Waals surface area contributed by atoms with Crippen LogP contribution in [-0.4, -0.2) is 5.24 Å². The summed E-state index contributed by atoms with van der Waals surface area (Å²) in [7, 11) is 0. The van der Waals surface area contributed by atoms with Gasteiger partial charge in [0.05, 0.1) is 0 Å². The Morgan fingerprint density at radius 1 is 1.80 bits per heavy atom. The Balaban J connectivity index is 2.77. The quantitative estimate of drug-likeness (QED) is 0.693. The molecule has 1 atom stereocenters. The molecule has 0 aliphatic carbocycles. The van der Waals surface area contributed by atoms with Crippen LogP contribution in [0.1, 0.15) is 11.6 Å². The lowest BCUT2D eigenvalue weighted by Gasteiger charge is -2.00. The summed E-state index contributed by atoms with van der Waals surface area (Å²) in [5, 5.41) is 3.15. The number of rotatable bonds is 2. The third kappa shape index (κ3) is 1.56. The van der Waals surface area contributed by atoms with Crippen LogP contribution in [0.4, 0.5) is 0 Å². The van der Waals surface area contributed by atoms with Gasteiger partial charge in [0.15, 0.2) is 0 Å². The maximum Gasteiger partial charge on any atom is 0.242 e. The van der Waals surface area contributed by atoms with Crippen LogP contribution in [0.2, 0.25) is 0 Å². The molecular formula is C6H6ClNOS. The van der Waals surface area contributed by atoms with E-state index in [0.717, 1.165) is 5.56 Å². The summed E-state index contributed by atoms with van der Waals surface area (Å²) in [5.41, 5.74) is 6.19. The highest BCUT2D eigenvalue weighted by molar-refractivity contribution is 7.08. The molecule has 1 unspecified atom stereocenters. The van der Waals surface area contributed by atoms with E-state index in [4.69, 9.17) is 17.3 Å². The van der Waals surface area contributed by atoms with Gasteiger partial charge in [-0.25, -0.2) is 0 Å². The summed E-state index contributed by atoms with van der Waals surface area (Å²) in [5.74, 6) is 0. The minimum Gasteiger partial charge on any atom is -0.317 e. The van der Waals surface area contributed by atoms with Gasteiger partial charge < -0.3 is 5.73 Å². The average Bonchev–Trinajstić information content (AvgIpc) is 2.36. The van der Waals surface area contributed by atoms with E-state index in [1.165, 1.54) is 11.3 Å². The first-order chi connectivity index (χ1) is 4.72. The van der Waals surface area contributed by atoms with E-state index in [0.29, 0.717) is 0 Å². The number of nitrogens with two attached hydrogens (primary N) is 1. The largest absolute Gasteiger partial charge is 0.317 e. The van der Waals surface area contributed by atoms with Gasteiger partial charge in [-0.15, -0.1) is 0 Å². The van der Waals surface area contributed by atoms with Crippen LogP contribution in [0, 0.1) is 0 Å². The molecule has 0 saturated carbocycles. The smallest absolute Gasteiger partial charge is 0.242 e. The predicted molar refractivity (Wildman–Crippen MR) is 42.1 cm³/mol. The molecule has 1 heterocycles. The topological polar surface area (TPSA) is 43.1 Å². The normalized spacial score (nSPS) is 13.0. The van der Waals surface area contributed by atoms with E-state index >= 15 is 0 Å². The van der Waals surface area contributed by atoms with Crippen LogP contribution in [-0.2, 0) is 4.79 Å². The molecular weight excluding hydrogens is 170 g/mol. The molecule has 2 nitrogen and oxygen atoms in total. The Hall–Kier alpha value is -0.380. The highest BCUT2D eigenvalue weighted by atomic mass is 35.5. The van der Waals surface area contributed by atoms with E-state index in [9.17, 15) is 4.79 Å². The summed E-state index contributed by atoms with van der Waals surface area (Å²) in [6.07, 6.45) is 0. The highest BCUT2D eigenvalue weighted by Crippen LogP contribution is 2.15. The minimum atomic E-state index is -0.659. The molecule has 1 aromatic heterocycles. The maximum atomic E-state index is 10.5. The van der Waals surface area contributed by atoms with Crippen molar-refractivity contribution in [3.05, 3.63) is 22.4 Å². The number of thiophene rings is 1. The van der Waals surface area contributed by atoms with Crippen molar-refractivity contribution in [2.75, 3.05) is 0 Å². The van der Waals surface area contributed by atoms with E-state index in [2.05, 4.69) is 0 Å². The van der Waals surface area contributed by atoms with Crippen molar-refractivity contribution in [1.29, 1.82) is 0 Å². The van der Waals surface area contributed by atoms with Crippen molar-refractivity contribution in [3.8, 4) is 0 Å². The summed E-state index contributed by atoms with van der Waals surface area (Å²) in [4.78, 5) is 10.5. The number of halogens is 1. The van der Waals surface area contributed by atoms with Crippen LogP contribution in [0.25, 0.3) is 0 Å². The average molecular weight is 176 g/mol. The van der Waals surface area contributed by atoms with Crippen molar-refractivity contribution in [2.45, 2.75) is 6.04 Å². The van der Waals surface area contributed by atoms with Gasteiger partial charge in [0, 0.05) is 0 Å². The Bertz CT molecular complexity index is 222. The van der Waals surface area contributed by atoms with E-state index in [-0.39, 0.29) is 0 Å². The molecule has 0 bridgehead atoms. The van der Waals surface area contributed by atoms with Crippen LogP contribution in [0.5, 0.6) is 0 Å². The van der Waals surface area contributed by atoms with Gasteiger partial charge in [0.1, 0.15) is 6.04 Å². The lowest BCUT2D eigenvalue weighted by atomic mass is 10.2. The Morgan fingerprint density at radius 2 is 2.50 bits per heavy atom. The Kier molecular flexibility index (Phi) is 2.43. The van der Waals surface area contributed by atoms with Crippen molar-refractivity contribution in [1.82, 2.24) is 0 Å². The molecule has 10 heavy (non-hydrogen) atoms. The molecule has 0 aliphatic heterocycles. The zero-order valence-corrected chi connectivity index (χ0v) is 6.65. The van der Waals surface area contributed by atoms with Crippen LogP contribution in [0.15, 0.2) is 16.8 Å². The van der Waals surface area contributed by atoms with E-state index < -0.39 is 11.3 Å². The summed E-state index contributed by atoms with van der Waals surface area (Å²) < 4.78 is 0. The molecule has 0 amide bonds. The number of hydrogen-bond donors (Lipinski definition) is 1. The van der Waals surface area contributed by atoms with Gasteiger partial charge in [-0.2, -0.15) is 11.3 Å². The van der Waals surface area contributed by atoms with Gasteiger partial charge in [-0.1, -0.05) is 0 Å². The zero-order valence-electron chi connectivity index (χ0n) is 5.08. The molecule has 1 aromatic rings. The Labute approximate surface area is 67.6 Å². The molecule has 1 rings (SSSR count). The number of carbonyl (C=O) groups excluding carboxylic acids is 1. The summed E-state index contributed by atoms with van der Waals surface area (Å²) in [6, 6.07) is 1.13. The standard InChI is InChI=1S/C6H6ClNOS/c7-6(9)5(8)4-1-2-10-3-4/h1-3,5H,8H2. The van der Waals surface area contributed by atoms with Gasteiger partial charge in [0.25, 0.3) is 0 Å². The summed E-state index contributed by atoms with van der Waals surface area (Å²) in [6.45, 7) is 0. The molecule has 54 valence electrons. The monoisotopic (exact) mass is 175 g/mol. The third-order valence-corrected chi connectivity index (χ3v) is 2.08. The molecule has 0 aliphatic rings. The van der Waals surface area contributed by atoms with E-state index in [1.54, 1.807) is 6.07 Å². The highest BCUT2D eigenvalue weighted by Gasteiger charge is 2.12. The summed E-state index contributed by atoms with van der Waals surface area (Å²) >= 11 is 6.65. The molecule has 4 heteroatoms.